The predicted octanol–water partition coefficient (Wildman–Crippen LogP) is 3.43. The van der Waals surface area contributed by atoms with E-state index in [1.807, 2.05) is 24.3 Å². The van der Waals surface area contributed by atoms with E-state index in [-0.39, 0.29) is 29.6 Å². The fourth-order valence-electron chi connectivity index (χ4n) is 3.65. The van der Waals surface area contributed by atoms with Gasteiger partial charge in [-0.05, 0) is 42.0 Å². The van der Waals surface area contributed by atoms with Crippen molar-refractivity contribution in [3.8, 4) is 0 Å². The van der Waals surface area contributed by atoms with Gasteiger partial charge in [0, 0.05) is 30.2 Å². The highest BCUT2D eigenvalue weighted by molar-refractivity contribution is 6.34. The zero-order chi connectivity index (χ0) is 27.1. The third-order valence-corrected chi connectivity index (χ3v) is 6.00. The third kappa shape index (κ3) is 6.51. The molecule has 0 aliphatic rings. The molecule has 0 saturated carbocycles. The van der Waals surface area contributed by atoms with E-state index in [4.69, 9.17) is 11.6 Å². The topological polar surface area (TPSA) is 137 Å². The molecule has 0 saturated heterocycles. The lowest BCUT2D eigenvalue weighted by atomic mass is 10.1. The number of carboxylic acids is 1. The van der Waals surface area contributed by atoms with Crippen LogP contribution in [0.4, 0.5) is 0 Å². The van der Waals surface area contributed by atoms with Gasteiger partial charge in [-0.2, -0.15) is 0 Å². The number of benzene rings is 3. The van der Waals surface area contributed by atoms with Crippen molar-refractivity contribution in [2.45, 2.75) is 12.6 Å². The Morgan fingerprint density at radius 1 is 0.816 bits per heavy atom. The van der Waals surface area contributed by atoms with Gasteiger partial charge < -0.3 is 21.1 Å². The maximum atomic E-state index is 12.7. The van der Waals surface area contributed by atoms with Gasteiger partial charge in [-0.15, -0.1) is 0 Å². The SMILES string of the molecule is O=C(NCc1ccc(C(=O)NC(CNC(=O)c2ccccc2)C(=O)O)c(Cl)c1)c1cnc2ccccc2c1. The van der Waals surface area contributed by atoms with E-state index in [2.05, 4.69) is 20.9 Å². The zero-order valence-corrected chi connectivity index (χ0v) is 20.7. The van der Waals surface area contributed by atoms with Crippen LogP contribution in [-0.4, -0.2) is 46.4 Å². The number of nitrogens with one attached hydrogen (secondary N) is 3. The Hall–Kier alpha value is -4.76. The maximum absolute atomic E-state index is 12.7. The molecule has 0 aliphatic heterocycles. The van der Waals surface area contributed by atoms with Gasteiger partial charge in [0.2, 0.25) is 0 Å². The molecule has 0 radical (unpaired) electrons. The molecule has 9 nitrogen and oxygen atoms in total. The largest absolute Gasteiger partial charge is 0.480 e. The number of aromatic nitrogens is 1. The van der Waals surface area contributed by atoms with E-state index in [0.717, 1.165) is 10.9 Å². The van der Waals surface area contributed by atoms with Crippen molar-refractivity contribution in [1.29, 1.82) is 0 Å². The molecule has 4 N–H and O–H groups in total. The summed E-state index contributed by atoms with van der Waals surface area (Å²) in [5.74, 6) is -2.81. The van der Waals surface area contributed by atoms with Gasteiger partial charge in [-0.3, -0.25) is 19.4 Å². The van der Waals surface area contributed by atoms with Crippen molar-refractivity contribution in [1.82, 2.24) is 20.9 Å². The molecule has 4 aromatic rings. The first-order valence-electron chi connectivity index (χ1n) is 11.6. The van der Waals surface area contributed by atoms with E-state index in [0.29, 0.717) is 16.7 Å². The number of hydrogen-bond acceptors (Lipinski definition) is 5. The van der Waals surface area contributed by atoms with Crippen molar-refractivity contribution in [3.05, 3.63) is 112 Å². The smallest absolute Gasteiger partial charge is 0.328 e. The molecule has 4 rings (SSSR count). The average molecular weight is 531 g/mol. The van der Waals surface area contributed by atoms with Crippen LogP contribution in [0, 0.1) is 0 Å². The maximum Gasteiger partial charge on any atom is 0.328 e. The Labute approximate surface area is 222 Å². The molecule has 1 aromatic heterocycles. The van der Waals surface area contributed by atoms with Crippen LogP contribution in [0.15, 0.2) is 85.1 Å². The van der Waals surface area contributed by atoms with Gasteiger partial charge in [0.1, 0.15) is 6.04 Å². The highest BCUT2D eigenvalue weighted by Gasteiger charge is 2.23. The van der Waals surface area contributed by atoms with E-state index in [1.165, 1.54) is 18.3 Å². The summed E-state index contributed by atoms with van der Waals surface area (Å²) in [6.07, 6.45) is 1.50. The predicted molar refractivity (Wildman–Crippen MR) is 142 cm³/mol. The highest BCUT2D eigenvalue weighted by atomic mass is 35.5. The second-order valence-corrected chi connectivity index (χ2v) is 8.76. The number of nitrogens with zero attached hydrogens (tertiary/aromatic N) is 1. The zero-order valence-electron chi connectivity index (χ0n) is 20.0. The Morgan fingerprint density at radius 3 is 2.26 bits per heavy atom. The summed E-state index contributed by atoms with van der Waals surface area (Å²) in [5.41, 5.74) is 2.25. The van der Waals surface area contributed by atoms with Crippen molar-refractivity contribution in [2.75, 3.05) is 6.54 Å². The number of aliphatic carboxylic acids is 1. The lowest BCUT2D eigenvalue weighted by Crippen LogP contribution is -2.48. The standard InChI is InChI=1S/C28H23ClN4O5/c29-22-12-17(14-31-26(35)20-13-19-8-4-5-9-23(19)30-15-20)10-11-21(22)27(36)33-24(28(37)38)16-32-25(34)18-6-2-1-3-7-18/h1-13,15,24H,14,16H2,(H,31,35)(H,32,34)(H,33,36)(H,37,38). The normalized spacial score (nSPS) is 11.4. The summed E-state index contributed by atoms with van der Waals surface area (Å²) in [6.45, 7) is -0.170. The van der Waals surface area contributed by atoms with Crippen LogP contribution in [0.2, 0.25) is 5.02 Å². The van der Waals surface area contributed by atoms with E-state index in [9.17, 15) is 24.3 Å². The molecule has 38 heavy (non-hydrogen) atoms. The number of halogens is 1. The highest BCUT2D eigenvalue weighted by Crippen LogP contribution is 2.19. The Morgan fingerprint density at radius 2 is 1.53 bits per heavy atom. The van der Waals surface area contributed by atoms with Crippen LogP contribution in [0.1, 0.15) is 36.6 Å². The number of carboxylic acid groups (broad SMARTS) is 1. The number of rotatable bonds is 9. The molecule has 3 aromatic carbocycles. The number of para-hydroxylation sites is 1. The molecular formula is C28H23ClN4O5. The summed E-state index contributed by atoms with van der Waals surface area (Å²) >= 11 is 6.29. The Bertz CT molecular complexity index is 1510. The number of pyridine rings is 1. The van der Waals surface area contributed by atoms with Crippen molar-refractivity contribution in [3.63, 3.8) is 0 Å². The lowest BCUT2D eigenvalue weighted by Gasteiger charge is -2.16. The summed E-state index contributed by atoms with van der Waals surface area (Å²) in [6, 6.07) is 20.7. The van der Waals surface area contributed by atoms with E-state index >= 15 is 0 Å². The summed E-state index contributed by atoms with van der Waals surface area (Å²) < 4.78 is 0. The van der Waals surface area contributed by atoms with Gasteiger partial charge in [-0.1, -0.05) is 54.1 Å². The van der Waals surface area contributed by atoms with Crippen LogP contribution in [0.25, 0.3) is 10.9 Å². The third-order valence-electron chi connectivity index (χ3n) is 5.69. The minimum Gasteiger partial charge on any atom is -0.480 e. The Balaban J connectivity index is 1.35. The summed E-state index contributed by atoms with van der Waals surface area (Å²) in [5, 5.41) is 18.1. The molecule has 0 spiro atoms. The molecule has 1 heterocycles. The molecule has 1 atom stereocenters. The average Bonchev–Trinajstić information content (AvgIpc) is 2.93. The number of amides is 3. The van der Waals surface area contributed by atoms with Crippen molar-refractivity contribution in [2.24, 2.45) is 0 Å². The molecule has 0 bridgehead atoms. The monoisotopic (exact) mass is 530 g/mol. The first-order chi connectivity index (χ1) is 18.3. The second-order valence-electron chi connectivity index (χ2n) is 8.35. The summed E-state index contributed by atoms with van der Waals surface area (Å²) in [4.78, 5) is 53.4. The van der Waals surface area contributed by atoms with Crippen LogP contribution >= 0.6 is 11.6 Å². The number of fused-ring (bicyclic) bond motifs is 1. The van der Waals surface area contributed by atoms with Gasteiger partial charge in [0.05, 0.1) is 21.7 Å². The molecule has 1 unspecified atom stereocenters. The molecule has 192 valence electrons. The van der Waals surface area contributed by atoms with Crippen LogP contribution in [0.3, 0.4) is 0 Å². The second kappa shape index (κ2) is 12.0. The molecular weight excluding hydrogens is 508 g/mol. The van der Waals surface area contributed by atoms with Gasteiger partial charge in [0.25, 0.3) is 17.7 Å². The minimum absolute atomic E-state index is 0.0566. The lowest BCUT2D eigenvalue weighted by molar-refractivity contribution is -0.139. The fourth-order valence-corrected chi connectivity index (χ4v) is 3.94. The molecule has 0 fully saturated rings. The van der Waals surface area contributed by atoms with Gasteiger partial charge in [-0.25, -0.2) is 4.79 Å². The minimum atomic E-state index is -1.37. The van der Waals surface area contributed by atoms with Gasteiger partial charge >= 0.3 is 5.97 Å². The number of carbonyl (C=O) groups excluding carboxylic acids is 3. The van der Waals surface area contributed by atoms with Crippen LogP contribution < -0.4 is 16.0 Å². The van der Waals surface area contributed by atoms with Crippen molar-refractivity contribution < 1.29 is 24.3 Å². The fraction of sp³-hybridized carbons (Fsp3) is 0.107. The van der Waals surface area contributed by atoms with Gasteiger partial charge in [0.15, 0.2) is 0 Å². The molecule has 10 heteroatoms. The van der Waals surface area contributed by atoms with Crippen LogP contribution in [-0.2, 0) is 11.3 Å². The van der Waals surface area contributed by atoms with E-state index in [1.54, 1.807) is 42.5 Å². The first-order valence-corrected chi connectivity index (χ1v) is 12.0. The van der Waals surface area contributed by atoms with E-state index < -0.39 is 23.8 Å². The first kappa shape index (κ1) is 26.3. The number of hydrogen-bond donors (Lipinski definition) is 4. The molecule has 0 aliphatic carbocycles. The van der Waals surface area contributed by atoms with Crippen molar-refractivity contribution >= 4 is 46.2 Å². The quantitative estimate of drug-likeness (QED) is 0.261. The molecule has 3 amide bonds. The Kier molecular flexibility index (Phi) is 8.30. The number of carbonyl (C=O) groups is 4. The summed E-state index contributed by atoms with van der Waals surface area (Å²) in [7, 11) is 0. The van der Waals surface area contributed by atoms with Crippen LogP contribution in [0.5, 0.6) is 0 Å².